The zero-order chi connectivity index (χ0) is 12.7. The fourth-order valence-corrected chi connectivity index (χ4v) is 2.43. The van der Waals surface area contributed by atoms with Gasteiger partial charge in [-0.05, 0) is 25.2 Å². The summed E-state index contributed by atoms with van der Waals surface area (Å²) in [7, 11) is 0. The van der Waals surface area contributed by atoms with Gasteiger partial charge in [-0.1, -0.05) is 25.4 Å². The maximum atomic E-state index is 8.82. The van der Waals surface area contributed by atoms with Gasteiger partial charge in [0.05, 0.1) is 10.0 Å². The van der Waals surface area contributed by atoms with E-state index in [1.54, 1.807) is 17.8 Å². The van der Waals surface area contributed by atoms with Crippen molar-refractivity contribution in [3.63, 3.8) is 0 Å². The molecule has 5 heteroatoms. The molecule has 0 bridgehead atoms. The third kappa shape index (κ3) is 4.55. The Hall–Kier alpha value is -0.760. The average Bonchev–Trinajstić information content (AvgIpc) is 2.36. The van der Waals surface area contributed by atoms with Gasteiger partial charge >= 0.3 is 0 Å². The van der Waals surface area contributed by atoms with E-state index in [0.717, 1.165) is 30.4 Å². The first-order chi connectivity index (χ1) is 8.21. The topological polar surface area (TPSA) is 39.9 Å². The molecule has 92 valence electrons. The molecular formula is C12H16ClN3S. The number of nitrogens with zero attached hydrogens (tertiary/aromatic N) is 3. The van der Waals surface area contributed by atoms with Crippen LogP contribution in [0.4, 0.5) is 0 Å². The highest BCUT2D eigenvalue weighted by molar-refractivity contribution is 7.99. The molecule has 1 aromatic rings. The SMILES string of the molecule is CCN(CC)CCSc1ccc(Cl)c(C#N)n1. The third-order valence-corrected chi connectivity index (χ3v) is 3.69. The summed E-state index contributed by atoms with van der Waals surface area (Å²) in [5, 5.41) is 10.1. The molecule has 0 aliphatic heterocycles. The third-order valence-electron chi connectivity index (χ3n) is 2.48. The van der Waals surface area contributed by atoms with E-state index in [4.69, 9.17) is 16.9 Å². The van der Waals surface area contributed by atoms with Gasteiger partial charge < -0.3 is 4.90 Å². The number of pyridine rings is 1. The Labute approximate surface area is 112 Å². The monoisotopic (exact) mass is 269 g/mol. The van der Waals surface area contributed by atoms with Crippen molar-refractivity contribution in [2.45, 2.75) is 18.9 Å². The molecule has 0 amide bonds. The minimum absolute atomic E-state index is 0.305. The van der Waals surface area contributed by atoms with Crippen LogP contribution in [0.1, 0.15) is 19.5 Å². The lowest BCUT2D eigenvalue weighted by Crippen LogP contribution is -2.25. The van der Waals surface area contributed by atoms with Gasteiger partial charge in [-0.2, -0.15) is 5.26 Å². The van der Waals surface area contributed by atoms with E-state index >= 15 is 0 Å². The molecule has 0 saturated carbocycles. The second-order valence-corrected chi connectivity index (χ2v) is 4.99. The number of rotatable bonds is 6. The molecule has 3 nitrogen and oxygen atoms in total. The molecule has 0 aliphatic rings. The molecule has 0 atom stereocenters. The van der Waals surface area contributed by atoms with Crippen molar-refractivity contribution in [3.8, 4) is 6.07 Å². The van der Waals surface area contributed by atoms with E-state index in [1.165, 1.54) is 0 Å². The van der Waals surface area contributed by atoms with E-state index in [2.05, 4.69) is 23.7 Å². The van der Waals surface area contributed by atoms with Gasteiger partial charge in [0.25, 0.3) is 0 Å². The fourth-order valence-electron chi connectivity index (χ4n) is 1.40. The van der Waals surface area contributed by atoms with E-state index in [-0.39, 0.29) is 0 Å². The van der Waals surface area contributed by atoms with Crippen LogP contribution >= 0.6 is 23.4 Å². The minimum atomic E-state index is 0.305. The Bertz CT molecular complexity index is 399. The highest BCUT2D eigenvalue weighted by Gasteiger charge is 2.04. The number of hydrogen-bond acceptors (Lipinski definition) is 4. The fraction of sp³-hybridized carbons (Fsp3) is 0.500. The molecule has 1 aromatic heterocycles. The molecule has 0 saturated heterocycles. The van der Waals surface area contributed by atoms with Crippen LogP contribution in [-0.2, 0) is 0 Å². The first kappa shape index (κ1) is 14.3. The molecule has 0 fully saturated rings. The molecule has 0 radical (unpaired) electrons. The lowest BCUT2D eigenvalue weighted by atomic mass is 10.4. The van der Waals surface area contributed by atoms with Crippen molar-refractivity contribution in [2.75, 3.05) is 25.4 Å². The van der Waals surface area contributed by atoms with Crippen molar-refractivity contribution >= 4 is 23.4 Å². The second kappa shape index (κ2) is 7.54. The lowest BCUT2D eigenvalue weighted by Gasteiger charge is -2.17. The molecular weight excluding hydrogens is 254 g/mol. The Morgan fingerprint density at radius 3 is 2.71 bits per heavy atom. The number of hydrogen-bond donors (Lipinski definition) is 0. The van der Waals surface area contributed by atoms with E-state index < -0.39 is 0 Å². The molecule has 0 aromatic carbocycles. The predicted octanol–water partition coefficient (Wildman–Crippen LogP) is 3.04. The normalized spacial score (nSPS) is 10.5. The van der Waals surface area contributed by atoms with Gasteiger partial charge in [-0.15, -0.1) is 11.8 Å². The molecule has 0 spiro atoms. The molecule has 1 rings (SSSR count). The van der Waals surface area contributed by atoms with Crippen LogP contribution in [0.5, 0.6) is 0 Å². The molecule has 0 unspecified atom stereocenters. The molecule has 1 heterocycles. The van der Waals surface area contributed by atoms with Crippen molar-refractivity contribution in [3.05, 3.63) is 22.8 Å². The summed E-state index contributed by atoms with van der Waals surface area (Å²) in [4.78, 5) is 6.55. The van der Waals surface area contributed by atoms with Crippen LogP contribution in [0.2, 0.25) is 5.02 Å². The quantitative estimate of drug-likeness (QED) is 0.744. The zero-order valence-electron chi connectivity index (χ0n) is 10.1. The summed E-state index contributed by atoms with van der Waals surface area (Å²) < 4.78 is 0. The molecule has 0 aliphatic carbocycles. The summed E-state index contributed by atoms with van der Waals surface area (Å²) in [6.45, 7) is 7.47. The van der Waals surface area contributed by atoms with Crippen molar-refractivity contribution in [2.24, 2.45) is 0 Å². The van der Waals surface area contributed by atoms with Crippen molar-refractivity contribution < 1.29 is 0 Å². The Balaban J connectivity index is 2.50. The Kier molecular flexibility index (Phi) is 6.35. The van der Waals surface area contributed by atoms with Crippen LogP contribution in [0.3, 0.4) is 0 Å². The van der Waals surface area contributed by atoms with Gasteiger partial charge in [0.1, 0.15) is 6.07 Å². The average molecular weight is 270 g/mol. The van der Waals surface area contributed by atoms with Crippen molar-refractivity contribution in [1.82, 2.24) is 9.88 Å². The first-order valence-electron chi connectivity index (χ1n) is 5.63. The van der Waals surface area contributed by atoms with Crippen LogP contribution < -0.4 is 0 Å². The number of halogens is 1. The largest absolute Gasteiger partial charge is 0.303 e. The minimum Gasteiger partial charge on any atom is -0.303 e. The smallest absolute Gasteiger partial charge is 0.160 e. The summed E-state index contributed by atoms with van der Waals surface area (Å²) in [6, 6.07) is 5.58. The lowest BCUT2D eigenvalue weighted by molar-refractivity contribution is 0.324. The summed E-state index contributed by atoms with van der Waals surface area (Å²) >= 11 is 7.48. The number of thioether (sulfide) groups is 1. The summed E-state index contributed by atoms with van der Waals surface area (Å²) in [6.07, 6.45) is 0. The highest BCUT2D eigenvalue weighted by Crippen LogP contribution is 2.20. The van der Waals surface area contributed by atoms with Gasteiger partial charge in [0.15, 0.2) is 5.69 Å². The van der Waals surface area contributed by atoms with Gasteiger partial charge in [-0.25, -0.2) is 4.98 Å². The van der Waals surface area contributed by atoms with Gasteiger partial charge in [0, 0.05) is 12.3 Å². The molecule has 0 N–H and O–H groups in total. The van der Waals surface area contributed by atoms with Crippen LogP contribution in [0, 0.1) is 11.3 Å². The molecule has 17 heavy (non-hydrogen) atoms. The van der Waals surface area contributed by atoms with Crippen LogP contribution in [0.25, 0.3) is 0 Å². The number of aromatic nitrogens is 1. The van der Waals surface area contributed by atoms with E-state index in [0.29, 0.717) is 10.7 Å². The van der Waals surface area contributed by atoms with E-state index in [9.17, 15) is 0 Å². The van der Waals surface area contributed by atoms with Crippen LogP contribution in [-0.4, -0.2) is 35.3 Å². The maximum absolute atomic E-state index is 8.82. The van der Waals surface area contributed by atoms with Crippen LogP contribution in [0.15, 0.2) is 17.2 Å². The summed E-state index contributed by atoms with van der Waals surface area (Å²) in [5.74, 6) is 0.973. The summed E-state index contributed by atoms with van der Waals surface area (Å²) in [5.41, 5.74) is 0.305. The maximum Gasteiger partial charge on any atom is 0.160 e. The standard InChI is InChI=1S/C12H16ClN3S/c1-3-16(4-2)7-8-17-12-6-5-10(13)11(9-14)15-12/h5-6H,3-4,7-8H2,1-2H3. The number of nitriles is 1. The second-order valence-electron chi connectivity index (χ2n) is 3.47. The first-order valence-corrected chi connectivity index (χ1v) is 6.99. The van der Waals surface area contributed by atoms with Gasteiger partial charge in [0.2, 0.25) is 0 Å². The Morgan fingerprint density at radius 1 is 1.41 bits per heavy atom. The Morgan fingerprint density at radius 2 is 2.12 bits per heavy atom. The van der Waals surface area contributed by atoms with Gasteiger partial charge in [-0.3, -0.25) is 0 Å². The predicted molar refractivity (Wildman–Crippen MR) is 72.5 cm³/mol. The van der Waals surface area contributed by atoms with Crippen molar-refractivity contribution in [1.29, 1.82) is 5.26 Å². The highest BCUT2D eigenvalue weighted by atomic mass is 35.5. The zero-order valence-corrected chi connectivity index (χ0v) is 11.7. The van der Waals surface area contributed by atoms with E-state index in [1.807, 2.05) is 12.1 Å².